The van der Waals surface area contributed by atoms with Crippen molar-refractivity contribution in [2.75, 3.05) is 0 Å². The number of hydrogen-bond acceptors (Lipinski definition) is 2. The van der Waals surface area contributed by atoms with Gasteiger partial charge in [0.2, 0.25) is 0 Å². The molecule has 0 aliphatic heterocycles. The number of aliphatic hydroxyl groups excluding tert-OH is 1. The molecule has 1 N–H and O–H groups in total. The van der Waals surface area contributed by atoms with Crippen molar-refractivity contribution in [3.05, 3.63) is 41.3 Å². The van der Waals surface area contributed by atoms with E-state index in [1.54, 1.807) is 6.92 Å². The molecule has 0 aliphatic carbocycles. The van der Waals surface area contributed by atoms with E-state index in [1.807, 2.05) is 31.2 Å². The highest BCUT2D eigenvalue weighted by molar-refractivity contribution is 7.88. The Morgan fingerprint density at radius 3 is 2.43 bits per heavy atom. The number of benzene rings is 1. The maximum atomic E-state index is 11.6. The molecule has 0 saturated heterocycles. The zero-order valence-electron chi connectivity index (χ0n) is 8.31. The third-order valence-electron chi connectivity index (χ3n) is 1.73. The zero-order chi connectivity index (χ0) is 10.6. The van der Waals surface area contributed by atoms with Gasteiger partial charge in [-0.05, 0) is 32.1 Å². The second kappa shape index (κ2) is 5.08. The second-order valence-electron chi connectivity index (χ2n) is 3.18. The van der Waals surface area contributed by atoms with E-state index in [-0.39, 0.29) is 0 Å². The van der Waals surface area contributed by atoms with Crippen LogP contribution < -0.4 is 0 Å². The SMILES string of the molecule is Cc1ccc(S(=O)/C=C/[C@@H](C)O)cc1. The van der Waals surface area contributed by atoms with Crippen LogP contribution in [0.5, 0.6) is 0 Å². The van der Waals surface area contributed by atoms with Gasteiger partial charge in [-0.15, -0.1) is 0 Å². The average Bonchev–Trinajstić information content (AvgIpc) is 2.15. The lowest BCUT2D eigenvalue weighted by atomic mass is 10.2. The smallest absolute Gasteiger partial charge is 0.0773 e. The lowest BCUT2D eigenvalue weighted by Gasteiger charge is -1.98. The third kappa shape index (κ3) is 3.44. The van der Waals surface area contributed by atoms with Crippen LogP contribution in [-0.4, -0.2) is 15.4 Å². The Morgan fingerprint density at radius 2 is 1.93 bits per heavy atom. The number of rotatable bonds is 3. The molecule has 1 aromatic carbocycles. The van der Waals surface area contributed by atoms with Gasteiger partial charge in [0, 0.05) is 10.3 Å². The van der Waals surface area contributed by atoms with E-state index in [9.17, 15) is 4.21 Å². The van der Waals surface area contributed by atoms with Crippen molar-refractivity contribution in [3.63, 3.8) is 0 Å². The largest absolute Gasteiger partial charge is 0.389 e. The van der Waals surface area contributed by atoms with Crippen molar-refractivity contribution in [2.45, 2.75) is 24.8 Å². The Balaban J connectivity index is 2.75. The Labute approximate surface area is 86.7 Å². The summed E-state index contributed by atoms with van der Waals surface area (Å²) in [5.74, 6) is 0. The molecule has 76 valence electrons. The number of aryl methyl sites for hydroxylation is 1. The van der Waals surface area contributed by atoms with E-state index < -0.39 is 16.9 Å². The molecule has 1 rings (SSSR count). The first-order chi connectivity index (χ1) is 6.59. The lowest BCUT2D eigenvalue weighted by molar-refractivity contribution is 0.244. The quantitative estimate of drug-likeness (QED) is 0.828. The van der Waals surface area contributed by atoms with E-state index in [4.69, 9.17) is 5.11 Å². The van der Waals surface area contributed by atoms with E-state index in [0.717, 1.165) is 10.5 Å². The topological polar surface area (TPSA) is 37.3 Å². The molecule has 0 bridgehead atoms. The van der Waals surface area contributed by atoms with Gasteiger partial charge >= 0.3 is 0 Å². The standard InChI is InChI=1S/C11H14O2S/c1-9-3-5-11(6-4-9)14(13)8-7-10(2)12/h3-8,10,12H,1-2H3/b8-7+/t10-,14?/m1/s1. The van der Waals surface area contributed by atoms with Crippen LogP contribution in [0.25, 0.3) is 0 Å². The maximum Gasteiger partial charge on any atom is 0.0773 e. The van der Waals surface area contributed by atoms with Crippen molar-refractivity contribution in [1.82, 2.24) is 0 Å². The highest BCUT2D eigenvalue weighted by Gasteiger charge is 1.98. The maximum absolute atomic E-state index is 11.6. The summed E-state index contributed by atoms with van der Waals surface area (Å²) in [5.41, 5.74) is 1.14. The minimum absolute atomic E-state index is 0.551. The van der Waals surface area contributed by atoms with Crippen LogP contribution in [0.2, 0.25) is 0 Å². The first-order valence-corrected chi connectivity index (χ1v) is 5.64. The Morgan fingerprint density at radius 1 is 1.36 bits per heavy atom. The monoisotopic (exact) mass is 210 g/mol. The van der Waals surface area contributed by atoms with Crippen LogP contribution in [0.3, 0.4) is 0 Å². The van der Waals surface area contributed by atoms with Crippen molar-refractivity contribution < 1.29 is 9.32 Å². The van der Waals surface area contributed by atoms with E-state index in [2.05, 4.69) is 0 Å². The molecule has 0 saturated carbocycles. The summed E-state index contributed by atoms with van der Waals surface area (Å²) in [7, 11) is -1.15. The van der Waals surface area contributed by atoms with Gasteiger partial charge in [-0.2, -0.15) is 0 Å². The first kappa shape index (κ1) is 11.1. The predicted octanol–water partition coefficient (Wildman–Crippen LogP) is 2.00. The summed E-state index contributed by atoms with van der Waals surface area (Å²) in [4.78, 5) is 0.757. The Hall–Kier alpha value is -0.930. The molecular formula is C11H14O2S. The van der Waals surface area contributed by atoms with Gasteiger partial charge in [-0.3, -0.25) is 0 Å². The molecule has 3 heteroatoms. The Kier molecular flexibility index (Phi) is 4.04. The van der Waals surface area contributed by atoms with Gasteiger partial charge in [0.15, 0.2) is 0 Å². The third-order valence-corrected chi connectivity index (χ3v) is 2.88. The first-order valence-electron chi connectivity index (χ1n) is 4.43. The molecule has 0 aliphatic rings. The van der Waals surface area contributed by atoms with Crippen molar-refractivity contribution in [2.24, 2.45) is 0 Å². The second-order valence-corrected chi connectivity index (χ2v) is 4.52. The molecule has 0 heterocycles. The average molecular weight is 210 g/mol. The van der Waals surface area contributed by atoms with Crippen molar-refractivity contribution in [3.8, 4) is 0 Å². The van der Waals surface area contributed by atoms with Gasteiger partial charge in [0.05, 0.1) is 16.9 Å². The van der Waals surface area contributed by atoms with Crippen LogP contribution in [0.15, 0.2) is 40.6 Å². The summed E-state index contributed by atoms with van der Waals surface area (Å²) in [6.45, 7) is 3.61. The van der Waals surface area contributed by atoms with Gasteiger partial charge in [-0.1, -0.05) is 17.7 Å². The summed E-state index contributed by atoms with van der Waals surface area (Å²) in [6.07, 6.45) is 0.972. The van der Waals surface area contributed by atoms with E-state index in [0.29, 0.717) is 0 Å². The molecule has 2 nitrogen and oxygen atoms in total. The van der Waals surface area contributed by atoms with Crippen LogP contribution in [0.1, 0.15) is 12.5 Å². The van der Waals surface area contributed by atoms with Crippen molar-refractivity contribution in [1.29, 1.82) is 0 Å². The number of hydrogen-bond donors (Lipinski definition) is 1. The van der Waals surface area contributed by atoms with Crippen LogP contribution >= 0.6 is 0 Å². The molecule has 0 aromatic heterocycles. The fourth-order valence-corrected chi connectivity index (χ4v) is 1.87. The molecular weight excluding hydrogens is 196 g/mol. The molecule has 0 fully saturated rings. The summed E-state index contributed by atoms with van der Waals surface area (Å²) < 4.78 is 11.6. The van der Waals surface area contributed by atoms with Crippen molar-refractivity contribution >= 4 is 10.8 Å². The molecule has 2 atom stereocenters. The summed E-state index contributed by atoms with van der Waals surface area (Å²) in [5, 5.41) is 10.5. The van der Waals surface area contributed by atoms with Crippen LogP contribution in [0.4, 0.5) is 0 Å². The molecule has 1 aromatic rings. The minimum atomic E-state index is -1.15. The molecule has 0 radical (unpaired) electrons. The molecule has 0 spiro atoms. The molecule has 0 amide bonds. The molecule has 1 unspecified atom stereocenters. The molecule has 14 heavy (non-hydrogen) atoms. The van der Waals surface area contributed by atoms with Gasteiger partial charge < -0.3 is 5.11 Å². The minimum Gasteiger partial charge on any atom is -0.389 e. The van der Waals surface area contributed by atoms with E-state index >= 15 is 0 Å². The van der Waals surface area contributed by atoms with E-state index in [1.165, 1.54) is 11.5 Å². The highest BCUT2D eigenvalue weighted by atomic mass is 32.2. The normalized spacial score (nSPS) is 15.6. The summed E-state index contributed by atoms with van der Waals surface area (Å²) in [6, 6.07) is 7.50. The highest BCUT2D eigenvalue weighted by Crippen LogP contribution is 2.09. The van der Waals surface area contributed by atoms with Gasteiger partial charge in [0.25, 0.3) is 0 Å². The fourth-order valence-electron chi connectivity index (χ4n) is 0.936. The van der Waals surface area contributed by atoms with Gasteiger partial charge in [-0.25, -0.2) is 4.21 Å². The summed E-state index contributed by atoms with van der Waals surface area (Å²) >= 11 is 0. The zero-order valence-corrected chi connectivity index (χ0v) is 9.12. The Bertz CT molecular complexity index is 339. The predicted molar refractivity (Wildman–Crippen MR) is 58.4 cm³/mol. The van der Waals surface area contributed by atoms with Crippen LogP contribution in [0, 0.1) is 6.92 Å². The van der Waals surface area contributed by atoms with Crippen LogP contribution in [-0.2, 0) is 10.8 Å². The number of aliphatic hydroxyl groups is 1. The van der Waals surface area contributed by atoms with Gasteiger partial charge in [0.1, 0.15) is 0 Å². The lowest BCUT2D eigenvalue weighted by Crippen LogP contribution is -1.94. The fraction of sp³-hybridized carbons (Fsp3) is 0.273.